The highest BCUT2D eigenvalue weighted by molar-refractivity contribution is 5.29. The maximum absolute atomic E-state index is 6.43. The van der Waals surface area contributed by atoms with Crippen molar-refractivity contribution in [3.63, 3.8) is 0 Å². The predicted octanol–water partition coefficient (Wildman–Crippen LogP) is 2.21. The molecule has 0 aliphatic carbocycles. The van der Waals surface area contributed by atoms with E-state index in [0.29, 0.717) is 0 Å². The Balaban J connectivity index is 1.19. The molecule has 1 aliphatic heterocycles. The van der Waals surface area contributed by atoms with E-state index < -0.39 is 0 Å². The molecule has 1 fully saturated rings. The molecule has 2 N–H and O–H groups in total. The monoisotopic (exact) mass is 416 g/mol. The summed E-state index contributed by atoms with van der Waals surface area (Å²) in [4.78, 5) is 3.46. The number of piperazine rings is 1. The summed E-state index contributed by atoms with van der Waals surface area (Å²) < 4.78 is 6.43. The van der Waals surface area contributed by atoms with Crippen LogP contribution in [0.15, 0.2) is 91.0 Å². The Kier molecular flexibility index (Phi) is 8.29. The molecule has 0 atom stereocenters. The van der Waals surface area contributed by atoms with Gasteiger partial charge in [-0.05, 0) is 23.1 Å². The molecule has 3 aromatic rings. The lowest BCUT2D eigenvalue weighted by atomic mass is 10.0. The molecule has 0 spiro atoms. The highest BCUT2D eigenvalue weighted by Crippen LogP contribution is 2.25. The third-order valence-corrected chi connectivity index (χ3v) is 6.45. The second-order valence-electron chi connectivity index (χ2n) is 8.66. The quantitative estimate of drug-likeness (QED) is 0.519. The minimum Gasteiger partial charge on any atom is -0.363 e. The molecule has 0 amide bonds. The molecule has 31 heavy (non-hydrogen) atoms. The normalized spacial score (nSPS) is 18.9. The lowest BCUT2D eigenvalue weighted by Crippen LogP contribution is -3.28. The van der Waals surface area contributed by atoms with Gasteiger partial charge in [-0.25, -0.2) is 0 Å². The van der Waals surface area contributed by atoms with Gasteiger partial charge in [0, 0.05) is 6.42 Å². The average molecular weight is 417 g/mol. The first-order chi connectivity index (χ1) is 15.4. The molecule has 0 bridgehead atoms. The molecule has 0 unspecified atom stereocenters. The highest BCUT2D eigenvalue weighted by Gasteiger charge is 2.23. The number of hydrogen-bond donors (Lipinski definition) is 2. The second-order valence-corrected chi connectivity index (χ2v) is 8.66. The molecule has 162 valence electrons. The van der Waals surface area contributed by atoms with Crippen LogP contribution in [0.4, 0.5) is 0 Å². The first kappa shape index (κ1) is 21.8. The zero-order valence-corrected chi connectivity index (χ0v) is 18.5. The van der Waals surface area contributed by atoms with E-state index in [1.807, 2.05) is 0 Å². The minimum atomic E-state index is 0.0201. The van der Waals surface area contributed by atoms with Crippen molar-refractivity contribution in [2.75, 3.05) is 45.9 Å². The van der Waals surface area contributed by atoms with Crippen LogP contribution in [-0.4, -0.2) is 45.9 Å². The summed E-state index contributed by atoms with van der Waals surface area (Å²) in [6.45, 7) is 8.26. The van der Waals surface area contributed by atoms with E-state index in [9.17, 15) is 0 Å². The SMILES string of the molecule is c1ccc(CCC[NH+]2CC[NH+](CCOC(c3ccccc3)c3ccccc3)CC2)cc1. The van der Waals surface area contributed by atoms with Crippen molar-refractivity contribution in [2.24, 2.45) is 0 Å². The Morgan fingerprint density at radius 1 is 0.613 bits per heavy atom. The number of ether oxygens (including phenoxy) is 1. The second kappa shape index (κ2) is 11.8. The lowest BCUT2D eigenvalue weighted by molar-refractivity contribution is -1.01. The van der Waals surface area contributed by atoms with Gasteiger partial charge in [0.2, 0.25) is 0 Å². The molecule has 1 aliphatic rings. The van der Waals surface area contributed by atoms with Crippen LogP contribution in [0.5, 0.6) is 0 Å². The molecular formula is C28H36N2O+2. The van der Waals surface area contributed by atoms with Gasteiger partial charge in [0.1, 0.15) is 38.8 Å². The van der Waals surface area contributed by atoms with Gasteiger partial charge in [0.25, 0.3) is 0 Å². The first-order valence-corrected chi connectivity index (χ1v) is 11.8. The molecule has 1 heterocycles. The van der Waals surface area contributed by atoms with Gasteiger partial charge >= 0.3 is 0 Å². The molecule has 0 saturated carbocycles. The van der Waals surface area contributed by atoms with Crippen molar-refractivity contribution in [1.82, 2.24) is 0 Å². The van der Waals surface area contributed by atoms with Gasteiger partial charge in [-0.2, -0.15) is 0 Å². The van der Waals surface area contributed by atoms with Crippen molar-refractivity contribution in [1.29, 1.82) is 0 Å². The summed E-state index contributed by atoms with van der Waals surface area (Å²) in [5, 5.41) is 0. The van der Waals surface area contributed by atoms with Crippen LogP contribution >= 0.6 is 0 Å². The van der Waals surface area contributed by atoms with Crippen LogP contribution < -0.4 is 9.80 Å². The van der Waals surface area contributed by atoms with E-state index in [1.54, 1.807) is 9.80 Å². The van der Waals surface area contributed by atoms with Crippen molar-refractivity contribution < 1.29 is 14.5 Å². The Morgan fingerprint density at radius 3 is 1.65 bits per heavy atom. The summed E-state index contributed by atoms with van der Waals surface area (Å²) >= 11 is 0. The van der Waals surface area contributed by atoms with Gasteiger partial charge < -0.3 is 14.5 Å². The minimum absolute atomic E-state index is 0.0201. The number of benzene rings is 3. The van der Waals surface area contributed by atoms with Crippen molar-refractivity contribution in [2.45, 2.75) is 18.9 Å². The molecule has 3 nitrogen and oxygen atoms in total. The van der Waals surface area contributed by atoms with Gasteiger partial charge in [0.15, 0.2) is 0 Å². The van der Waals surface area contributed by atoms with Gasteiger partial charge in [-0.3, -0.25) is 0 Å². The first-order valence-electron chi connectivity index (χ1n) is 11.8. The summed E-state index contributed by atoms with van der Waals surface area (Å²) in [5.41, 5.74) is 3.93. The predicted molar refractivity (Wildman–Crippen MR) is 127 cm³/mol. The zero-order chi connectivity index (χ0) is 21.1. The average Bonchev–Trinajstić information content (AvgIpc) is 2.85. The Labute approximate surface area is 187 Å². The smallest absolute Gasteiger partial charge is 0.127 e. The van der Waals surface area contributed by atoms with Crippen molar-refractivity contribution >= 4 is 0 Å². The van der Waals surface area contributed by atoms with E-state index in [1.165, 1.54) is 62.3 Å². The van der Waals surface area contributed by atoms with Gasteiger partial charge in [0.05, 0.1) is 13.2 Å². The lowest BCUT2D eigenvalue weighted by Gasteiger charge is -2.30. The maximum Gasteiger partial charge on any atom is 0.127 e. The van der Waals surface area contributed by atoms with Crippen LogP contribution in [0.25, 0.3) is 0 Å². The topological polar surface area (TPSA) is 18.1 Å². The molecule has 3 heteroatoms. The van der Waals surface area contributed by atoms with Crippen LogP contribution in [0.2, 0.25) is 0 Å². The van der Waals surface area contributed by atoms with E-state index in [0.717, 1.165) is 13.2 Å². The highest BCUT2D eigenvalue weighted by atomic mass is 16.5. The van der Waals surface area contributed by atoms with Gasteiger partial charge in [-0.1, -0.05) is 91.0 Å². The summed E-state index contributed by atoms with van der Waals surface area (Å²) in [7, 11) is 0. The largest absolute Gasteiger partial charge is 0.363 e. The Bertz CT molecular complexity index is 822. The summed E-state index contributed by atoms with van der Waals surface area (Å²) in [5.74, 6) is 0. The maximum atomic E-state index is 6.43. The molecule has 0 aromatic heterocycles. The van der Waals surface area contributed by atoms with Crippen molar-refractivity contribution in [3.8, 4) is 0 Å². The van der Waals surface area contributed by atoms with Crippen LogP contribution in [0.1, 0.15) is 29.2 Å². The molecule has 1 saturated heterocycles. The third-order valence-electron chi connectivity index (χ3n) is 6.45. The number of hydrogen-bond acceptors (Lipinski definition) is 1. The number of quaternary nitrogens is 2. The molecule has 4 rings (SSSR count). The molecular weight excluding hydrogens is 380 g/mol. The Morgan fingerprint density at radius 2 is 1.10 bits per heavy atom. The number of rotatable bonds is 10. The Hall–Kier alpha value is -2.46. The summed E-state index contributed by atoms with van der Waals surface area (Å²) in [6.07, 6.45) is 2.51. The van der Waals surface area contributed by atoms with Crippen LogP contribution in [0, 0.1) is 0 Å². The van der Waals surface area contributed by atoms with E-state index in [4.69, 9.17) is 4.74 Å². The molecule has 3 aromatic carbocycles. The summed E-state index contributed by atoms with van der Waals surface area (Å²) in [6, 6.07) is 32.1. The standard InChI is InChI=1S/C28H34N2O/c1-4-11-25(12-5-1)13-10-18-29-19-21-30(22-20-29)23-24-31-28(26-14-6-2-7-15-26)27-16-8-3-9-17-27/h1-9,11-12,14-17,28H,10,13,18-24H2/p+2. The fourth-order valence-electron chi connectivity index (χ4n) is 4.61. The van der Waals surface area contributed by atoms with E-state index in [2.05, 4.69) is 91.0 Å². The fraction of sp³-hybridized carbons (Fsp3) is 0.357. The number of aryl methyl sites for hydroxylation is 1. The van der Waals surface area contributed by atoms with E-state index >= 15 is 0 Å². The van der Waals surface area contributed by atoms with Crippen molar-refractivity contribution in [3.05, 3.63) is 108 Å². The fourth-order valence-corrected chi connectivity index (χ4v) is 4.61. The van der Waals surface area contributed by atoms with Crippen LogP contribution in [-0.2, 0) is 11.2 Å². The van der Waals surface area contributed by atoms with E-state index in [-0.39, 0.29) is 6.10 Å². The third kappa shape index (κ3) is 6.76. The number of nitrogens with one attached hydrogen (secondary N) is 2. The molecule has 0 radical (unpaired) electrons. The zero-order valence-electron chi connectivity index (χ0n) is 18.5. The van der Waals surface area contributed by atoms with Crippen LogP contribution in [0.3, 0.4) is 0 Å². The van der Waals surface area contributed by atoms with Gasteiger partial charge in [-0.15, -0.1) is 0 Å².